The number of carbonyl (C=O) groups excluding carboxylic acids is 1. The fraction of sp³-hybridized carbons (Fsp3) is 0.192. The van der Waals surface area contributed by atoms with E-state index in [1.54, 1.807) is 18.9 Å². The van der Waals surface area contributed by atoms with Crippen molar-refractivity contribution < 1.29 is 9.53 Å². The Hall–Kier alpha value is -3.42. The maximum absolute atomic E-state index is 11.6. The summed E-state index contributed by atoms with van der Waals surface area (Å²) in [7, 11) is 1.62. The van der Waals surface area contributed by atoms with E-state index in [0.29, 0.717) is 11.6 Å². The summed E-state index contributed by atoms with van der Waals surface area (Å²) >= 11 is 1.59. The third-order valence-corrected chi connectivity index (χ3v) is 6.70. The van der Waals surface area contributed by atoms with E-state index in [9.17, 15) is 4.79 Å². The van der Waals surface area contributed by atoms with Crippen molar-refractivity contribution in [1.29, 1.82) is 0 Å². The number of benzene rings is 2. The number of nitrogens with zero attached hydrogens (tertiary/aromatic N) is 2. The molecule has 0 saturated carbocycles. The van der Waals surface area contributed by atoms with Gasteiger partial charge in [0.15, 0.2) is 0 Å². The van der Waals surface area contributed by atoms with Gasteiger partial charge in [0.05, 0.1) is 24.1 Å². The van der Waals surface area contributed by atoms with Crippen molar-refractivity contribution in [3.05, 3.63) is 78.0 Å². The molecule has 33 heavy (non-hydrogen) atoms. The quantitative estimate of drug-likeness (QED) is 0.393. The number of anilines is 1. The summed E-state index contributed by atoms with van der Waals surface area (Å²) in [6, 6.07) is 20.6. The first-order valence-electron chi connectivity index (χ1n) is 10.8. The molecule has 2 N–H and O–H groups in total. The Morgan fingerprint density at radius 2 is 1.91 bits per heavy atom. The van der Waals surface area contributed by atoms with Crippen LogP contribution >= 0.6 is 11.8 Å². The molecule has 5 rings (SSSR count). The van der Waals surface area contributed by atoms with Gasteiger partial charge in [0, 0.05) is 29.3 Å². The summed E-state index contributed by atoms with van der Waals surface area (Å²) in [5.74, 6) is 1.14. The Morgan fingerprint density at radius 3 is 2.76 bits per heavy atom. The zero-order valence-electron chi connectivity index (χ0n) is 18.3. The molecule has 0 saturated heterocycles. The van der Waals surface area contributed by atoms with E-state index in [1.165, 1.54) is 11.1 Å². The first-order chi connectivity index (χ1) is 16.2. The summed E-state index contributed by atoms with van der Waals surface area (Å²) in [6.07, 6.45) is 2.75. The standard InChI is InChI=1S/C26H24N4O2S/c1-32-25-9-7-21-26(30-25)20(11-13-28-21)19-5-2-17(3-6-19)10-12-27-15-18-4-8-23-22(14-18)29-24(31)16-33-23/h2-9,11,13-14,27H,10,12,15-16H2,1H3,(H,29,31). The zero-order valence-corrected chi connectivity index (χ0v) is 19.1. The number of hydrogen-bond acceptors (Lipinski definition) is 6. The average Bonchev–Trinajstić information content (AvgIpc) is 2.86. The maximum atomic E-state index is 11.6. The summed E-state index contributed by atoms with van der Waals surface area (Å²) in [6.45, 7) is 1.64. The number of ether oxygens (including phenoxy) is 1. The van der Waals surface area contributed by atoms with Crippen LogP contribution in [-0.4, -0.2) is 35.3 Å². The van der Waals surface area contributed by atoms with Gasteiger partial charge < -0.3 is 15.4 Å². The van der Waals surface area contributed by atoms with Crippen molar-refractivity contribution in [2.45, 2.75) is 17.9 Å². The lowest BCUT2D eigenvalue weighted by atomic mass is 10.0. The van der Waals surface area contributed by atoms with Crippen LogP contribution in [0.3, 0.4) is 0 Å². The molecule has 166 valence electrons. The normalized spacial score (nSPS) is 12.9. The topological polar surface area (TPSA) is 76.1 Å². The number of carbonyl (C=O) groups is 1. The van der Waals surface area contributed by atoms with E-state index < -0.39 is 0 Å². The van der Waals surface area contributed by atoms with Gasteiger partial charge in [-0.3, -0.25) is 9.78 Å². The van der Waals surface area contributed by atoms with Crippen molar-refractivity contribution >= 4 is 34.4 Å². The molecule has 2 aromatic heterocycles. The molecule has 6 nitrogen and oxygen atoms in total. The van der Waals surface area contributed by atoms with Crippen LogP contribution in [0, 0.1) is 0 Å². The van der Waals surface area contributed by atoms with Crippen molar-refractivity contribution in [2.24, 2.45) is 0 Å². The molecule has 2 aromatic carbocycles. The number of rotatable bonds is 7. The lowest BCUT2D eigenvalue weighted by molar-refractivity contribution is -0.113. The van der Waals surface area contributed by atoms with Crippen molar-refractivity contribution in [1.82, 2.24) is 15.3 Å². The van der Waals surface area contributed by atoms with Crippen molar-refractivity contribution in [3.8, 4) is 17.0 Å². The molecule has 1 amide bonds. The number of pyridine rings is 2. The average molecular weight is 457 g/mol. The van der Waals surface area contributed by atoms with E-state index >= 15 is 0 Å². The molecule has 0 bridgehead atoms. The minimum Gasteiger partial charge on any atom is -0.481 e. The molecule has 4 aromatic rings. The van der Waals surface area contributed by atoms with Gasteiger partial charge in [-0.05, 0) is 53.9 Å². The summed E-state index contributed by atoms with van der Waals surface area (Å²) < 4.78 is 5.29. The molecule has 7 heteroatoms. The first-order valence-corrected chi connectivity index (χ1v) is 11.8. The van der Waals surface area contributed by atoms with Crippen LogP contribution in [0.25, 0.3) is 22.2 Å². The van der Waals surface area contributed by atoms with Crippen LogP contribution in [-0.2, 0) is 17.8 Å². The van der Waals surface area contributed by atoms with E-state index in [4.69, 9.17) is 4.74 Å². The molecule has 0 spiro atoms. The molecular weight excluding hydrogens is 432 g/mol. The van der Waals surface area contributed by atoms with Gasteiger partial charge in [-0.2, -0.15) is 0 Å². The largest absolute Gasteiger partial charge is 0.481 e. The predicted molar refractivity (Wildman–Crippen MR) is 133 cm³/mol. The number of fused-ring (bicyclic) bond motifs is 2. The molecular formula is C26H24N4O2S. The molecule has 1 aliphatic rings. The number of hydrogen-bond donors (Lipinski definition) is 2. The van der Waals surface area contributed by atoms with Gasteiger partial charge in [-0.1, -0.05) is 30.3 Å². The monoisotopic (exact) mass is 456 g/mol. The minimum absolute atomic E-state index is 0.0655. The molecule has 1 aliphatic heterocycles. The van der Waals surface area contributed by atoms with Crippen LogP contribution in [0.2, 0.25) is 0 Å². The minimum atomic E-state index is 0.0655. The van der Waals surface area contributed by atoms with Crippen molar-refractivity contribution in [2.75, 3.05) is 24.7 Å². The molecule has 0 radical (unpaired) electrons. The Labute approximate surface area is 196 Å². The Bertz CT molecular complexity index is 1310. The van der Waals surface area contributed by atoms with Gasteiger partial charge in [0.25, 0.3) is 0 Å². The number of methoxy groups -OCH3 is 1. The van der Waals surface area contributed by atoms with E-state index in [0.717, 1.165) is 52.3 Å². The van der Waals surface area contributed by atoms with Gasteiger partial charge in [0.1, 0.15) is 5.52 Å². The van der Waals surface area contributed by atoms with Crippen LogP contribution in [0.4, 0.5) is 5.69 Å². The molecule has 0 fully saturated rings. The summed E-state index contributed by atoms with van der Waals surface area (Å²) in [5.41, 5.74) is 7.19. The highest BCUT2D eigenvalue weighted by molar-refractivity contribution is 8.00. The predicted octanol–water partition coefficient (Wildman–Crippen LogP) is 4.68. The second kappa shape index (κ2) is 9.60. The maximum Gasteiger partial charge on any atom is 0.234 e. The highest BCUT2D eigenvalue weighted by atomic mass is 32.2. The van der Waals surface area contributed by atoms with E-state index in [1.807, 2.05) is 24.4 Å². The van der Waals surface area contributed by atoms with Gasteiger partial charge in [-0.25, -0.2) is 4.98 Å². The Balaban J connectivity index is 1.20. The molecule has 0 aliphatic carbocycles. The zero-order chi connectivity index (χ0) is 22.6. The number of thioether (sulfide) groups is 1. The fourth-order valence-corrected chi connectivity index (χ4v) is 4.70. The highest BCUT2D eigenvalue weighted by Gasteiger charge is 2.15. The third-order valence-electron chi connectivity index (χ3n) is 5.63. The third kappa shape index (κ3) is 4.84. The van der Waals surface area contributed by atoms with Crippen LogP contribution in [0.1, 0.15) is 11.1 Å². The van der Waals surface area contributed by atoms with Gasteiger partial charge in [-0.15, -0.1) is 11.8 Å². The summed E-state index contributed by atoms with van der Waals surface area (Å²) in [5, 5.41) is 6.45. The molecule has 0 atom stereocenters. The van der Waals surface area contributed by atoms with E-state index in [-0.39, 0.29) is 5.91 Å². The summed E-state index contributed by atoms with van der Waals surface area (Å²) in [4.78, 5) is 21.7. The molecule has 0 unspecified atom stereocenters. The first kappa shape index (κ1) is 21.4. The van der Waals surface area contributed by atoms with Crippen LogP contribution in [0.5, 0.6) is 5.88 Å². The Morgan fingerprint density at radius 1 is 1.06 bits per heavy atom. The highest BCUT2D eigenvalue weighted by Crippen LogP contribution is 2.32. The lowest BCUT2D eigenvalue weighted by Gasteiger charge is -2.17. The van der Waals surface area contributed by atoms with Crippen LogP contribution in [0.15, 0.2) is 71.8 Å². The number of amides is 1. The van der Waals surface area contributed by atoms with Gasteiger partial charge in [0.2, 0.25) is 11.8 Å². The second-order valence-electron chi connectivity index (χ2n) is 7.87. The van der Waals surface area contributed by atoms with Crippen LogP contribution < -0.4 is 15.4 Å². The molecule has 3 heterocycles. The van der Waals surface area contributed by atoms with E-state index in [2.05, 4.69) is 63.1 Å². The van der Waals surface area contributed by atoms with Crippen molar-refractivity contribution in [3.63, 3.8) is 0 Å². The van der Waals surface area contributed by atoms with Gasteiger partial charge >= 0.3 is 0 Å². The fourth-order valence-electron chi connectivity index (χ4n) is 3.91. The smallest absolute Gasteiger partial charge is 0.234 e. The second-order valence-corrected chi connectivity index (χ2v) is 8.89. The lowest BCUT2D eigenvalue weighted by Crippen LogP contribution is -2.20. The number of nitrogens with one attached hydrogen (secondary N) is 2. The Kier molecular flexibility index (Phi) is 6.24. The SMILES string of the molecule is COc1ccc2nccc(-c3ccc(CCNCc4ccc5c(c4)NC(=O)CS5)cc3)c2n1. The number of aromatic nitrogens is 2.